The van der Waals surface area contributed by atoms with E-state index in [0.717, 1.165) is 22.7 Å². The van der Waals surface area contributed by atoms with Gasteiger partial charge in [0.2, 0.25) is 0 Å². The van der Waals surface area contributed by atoms with Crippen molar-refractivity contribution in [3.63, 3.8) is 0 Å². The van der Waals surface area contributed by atoms with Gasteiger partial charge in [0.25, 0.3) is 0 Å². The highest BCUT2D eigenvalue weighted by atomic mass is 16.5. The van der Waals surface area contributed by atoms with Crippen LogP contribution in [0.3, 0.4) is 0 Å². The molecule has 0 saturated heterocycles. The summed E-state index contributed by atoms with van der Waals surface area (Å²) in [5, 5.41) is 0. The third-order valence-corrected chi connectivity index (χ3v) is 1.89. The van der Waals surface area contributed by atoms with E-state index in [9.17, 15) is 0 Å². The van der Waals surface area contributed by atoms with Gasteiger partial charge in [0.1, 0.15) is 5.75 Å². The average Bonchev–Trinajstić information content (AvgIpc) is 2.25. The maximum absolute atomic E-state index is 5.25. The molecule has 0 aromatic heterocycles. The summed E-state index contributed by atoms with van der Waals surface area (Å²) in [6.45, 7) is 9.33. The summed E-state index contributed by atoms with van der Waals surface area (Å²) in [6, 6.07) is 7.70. The van der Waals surface area contributed by atoms with Crippen molar-refractivity contribution in [2.24, 2.45) is 4.99 Å². The molecule has 0 aliphatic carbocycles. The van der Waals surface area contributed by atoms with Crippen molar-refractivity contribution in [2.45, 2.75) is 6.92 Å². The van der Waals surface area contributed by atoms with Crippen LogP contribution in [0.5, 0.6) is 5.75 Å². The molecular formula is C13H15NO. The van der Waals surface area contributed by atoms with Gasteiger partial charge in [-0.15, -0.1) is 0 Å². The Balaban J connectivity index is 3.23. The van der Waals surface area contributed by atoms with E-state index < -0.39 is 0 Å². The van der Waals surface area contributed by atoms with E-state index in [4.69, 9.17) is 4.74 Å². The average molecular weight is 201 g/mol. The third-order valence-electron chi connectivity index (χ3n) is 1.89. The Morgan fingerprint density at radius 1 is 1.40 bits per heavy atom. The Bertz CT molecular complexity index is 405. The topological polar surface area (TPSA) is 21.6 Å². The van der Waals surface area contributed by atoms with Crippen LogP contribution in [-0.2, 0) is 0 Å². The molecule has 0 bridgehead atoms. The zero-order chi connectivity index (χ0) is 11.3. The Labute approximate surface area is 90.6 Å². The van der Waals surface area contributed by atoms with Gasteiger partial charge in [-0.3, -0.25) is 4.99 Å². The highest BCUT2D eigenvalue weighted by molar-refractivity contribution is 6.10. The monoisotopic (exact) mass is 201 g/mol. The summed E-state index contributed by atoms with van der Waals surface area (Å²) >= 11 is 0. The Morgan fingerprint density at radius 2 is 2.07 bits per heavy atom. The third kappa shape index (κ3) is 2.81. The molecule has 78 valence electrons. The van der Waals surface area contributed by atoms with E-state index in [-0.39, 0.29) is 0 Å². The number of benzene rings is 1. The lowest BCUT2D eigenvalue weighted by atomic mass is 10.1. The number of allylic oxidation sites excluding steroid dienone is 2. The molecule has 0 spiro atoms. The van der Waals surface area contributed by atoms with Crippen molar-refractivity contribution < 1.29 is 4.74 Å². The van der Waals surface area contributed by atoms with Gasteiger partial charge >= 0.3 is 0 Å². The van der Waals surface area contributed by atoms with Gasteiger partial charge < -0.3 is 4.74 Å². The SMILES string of the molecule is C=CC(=NC(=C)C)c1ccccc1OC. The van der Waals surface area contributed by atoms with Gasteiger partial charge in [-0.25, -0.2) is 0 Å². The van der Waals surface area contributed by atoms with Gasteiger partial charge in [0, 0.05) is 11.3 Å². The van der Waals surface area contributed by atoms with Crippen molar-refractivity contribution in [3.05, 3.63) is 54.8 Å². The second-order valence-corrected chi connectivity index (χ2v) is 3.14. The zero-order valence-corrected chi connectivity index (χ0v) is 9.16. The maximum atomic E-state index is 5.25. The fourth-order valence-electron chi connectivity index (χ4n) is 1.28. The molecule has 0 atom stereocenters. The van der Waals surface area contributed by atoms with Crippen molar-refractivity contribution in [1.82, 2.24) is 0 Å². The number of aliphatic imine (C=N–C) groups is 1. The fourth-order valence-corrected chi connectivity index (χ4v) is 1.28. The number of hydrogen-bond donors (Lipinski definition) is 0. The van der Waals surface area contributed by atoms with Crippen LogP contribution in [0.15, 0.2) is 54.2 Å². The summed E-state index contributed by atoms with van der Waals surface area (Å²) in [5.74, 6) is 0.789. The van der Waals surface area contributed by atoms with Crippen LogP contribution in [0.2, 0.25) is 0 Å². The number of rotatable bonds is 4. The lowest BCUT2D eigenvalue weighted by Crippen LogP contribution is -2.00. The summed E-state index contributed by atoms with van der Waals surface area (Å²) in [4.78, 5) is 4.30. The van der Waals surface area contributed by atoms with Crippen LogP contribution < -0.4 is 4.74 Å². The molecule has 0 aliphatic heterocycles. The standard InChI is InChI=1S/C13H15NO/c1-5-12(14-10(2)3)11-8-6-7-9-13(11)15-4/h5-9H,1-2H2,3-4H3. The van der Waals surface area contributed by atoms with Gasteiger partial charge in [0.15, 0.2) is 0 Å². The van der Waals surface area contributed by atoms with Gasteiger partial charge in [-0.1, -0.05) is 25.3 Å². The second-order valence-electron chi connectivity index (χ2n) is 3.14. The first-order valence-corrected chi connectivity index (χ1v) is 4.69. The number of methoxy groups -OCH3 is 1. The fraction of sp³-hybridized carbons (Fsp3) is 0.154. The van der Waals surface area contributed by atoms with Crippen molar-refractivity contribution in [3.8, 4) is 5.75 Å². The summed E-state index contributed by atoms with van der Waals surface area (Å²) in [6.07, 6.45) is 1.70. The van der Waals surface area contributed by atoms with Crippen molar-refractivity contribution in [1.29, 1.82) is 0 Å². The lowest BCUT2D eigenvalue weighted by molar-refractivity contribution is 0.414. The zero-order valence-electron chi connectivity index (χ0n) is 9.16. The van der Waals surface area contributed by atoms with E-state index in [2.05, 4.69) is 18.2 Å². The van der Waals surface area contributed by atoms with Crippen molar-refractivity contribution >= 4 is 5.71 Å². The molecule has 0 radical (unpaired) electrons. The normalized spacial score (nSPS) is 10.9. The van der Waals surface area contributed by atoms with Crippen LogP contribution in [0.4, 0.5) is 0 Å². The molecule has 2 nitrogen and oxygen atoms in total. The van der Waals surface area contributed by atoms with Gasteiger partial charge in [0.05, 0.1) is 12.8 Å². The van der Waals surface area contributed by atoms with Crippen LogP contribution in [-0.4, -0.2) is 12.8 Å². The number of para-hydroxylation sites is 1. The highest BCUT2D eigenvalue weighted by Crippen LogP contribution is 2.19. The van der Waals surface area contributed by atoms with Crippen LogP contribution in [0, 0.1) is 0 Å². The predicted octanol–water partition coefficient (Wildman–Crippen LogP) is 3.20. The molecule has 0 fully saturated rings. The van der Waals surface area contributed by atoms with E-state index in [1.165, 1.54) is 0 Å². The van der Waals surface area contributed by atoms with Gasteiger partial charge in [-0.2, -0.15) is 0 Å². The quantitative estimate of drug-likeness (QED) is 0.685. The Hall–Kier alpha value is -1.83. The van der Waals surface area contributed by atoms with Gasteiger partial charge in [-0.05, 0) is 25.1 Å². The minimum absolute atomic E-state index is 0.746. The van der Waals surface area contributed by atoms with E-state index in [0.29, 0.717) is 0 Å². The molecule has 0 heterocycles. The first kappa shape index (κ1) is 11.2. The molecule has 1 aromatic carbocycles. The number of ether oxygens (including phenoxy) is 1. The first-order valence-electron chi connectivity index (χ1n) is 4.69. The molecular weight excluding hydrogens is 186 g/mol. The largest absolute Gasteiger partial charge is 0.496 e. The summed E-state index contributed by atoms with van der Waals surface area (Å²) in [7, 11) is 1.64. The molecule has 1 rings (SSSR count). The van der Waals surface area contributed by atoms with Crippen LogP contribution in [0.1, 0.15) is 12.5 Å². The number of hydrogen-bond acceptors (Lipinski definition) is 2. The molecule has 0 unspecified atom stereocenters. The Morgan fingerprint density at radius 3 is 2.60 bits per heavy atom. The summed E-state index contributed by atoms with van der Waals surface area (Å²) in [5.41, 5.74) is 2.45. The molecule has 0 saturated carbocycles. The Kier molecular flexibility index (Phi) is 3.86. The van der Waals surface area contributed by atoms with E-state index in [1.54, 1.807) is 13.2 Å². The molecule has 0 amide bonds. The van der Waals surface area contributed by atoms with Crippen LogP contribution >= 0.6 is 0 Å². The molecule has 1 aromatic rings. The second kappa shape index (κ2) is 5.15. The maximum Gasteiger partial charge on any atom is 0.128 e. The summed E-state index contributed by atoms with van der Waals surface area (Å²) < 4.78 is 5.25. The molecule has 15 heavy (non-hydrogen) atoms. The van der Waals surface area contributed by atoms with Crippen molar-refractivity contribution in [2.75, 3.05) is 7.11 Å². The molecule has 0 N–H and O–H groups in total. The molecule has 0 aliphatic rings. The first-order chi connectivity index (χ1) is 7.19. The number of nitrogens with zero attached hydrogens (tertiary/aromatic N) is 1. The minimum Gasteiger partial charge on any atom is -0.496 e. The molecule has 2 heteroatoms. The lowest BCUT2D eigenvalue weighted by Gasteiger charge is -2.07. The smallest absolute Gasteiger partial charge is 0.128 e. The van der Waals surface area contributed by atoms with E-state index >= 15 is 0 Å². The minimum atomic E-state index is 0.746. The predicted molar refractivity (Wildman–Crippen MR) is 64.5 cm³/mol. The van der Waals surface area contributed by atoms with E-state index in [1.807, 2.05) is 31.2 Å². The van der Waals surface area contributed by atoms with Crippen LogP contribution in [0.25, 0.3) is 0 Å². The highest BCUT2D eigenvalue weighted by Gasteiger charge is 2.05.